The molecular formula is C16H21ClO4. The number of alkyl halides is 1. The van der Waals surface area contributed by atoms with E-state index in [1.54, 1.807) is 13.0 Å². The minimum Gasteiger partial charge on any atom is -0.435 e. The molecule has 21 heavy (non-hydrogen) atoms. The number of hydrogen-bond acceptors (Lipinski definition) is 4. The van der Waals surface area contributed by atoms with Crippen molar-refractivity contribution >= 4 is 23.4 Å². The Hall–Kier alpha value is -1.39. The zero-order valence-electron chi connectivity index (χ0n) is 12.6. The van der Waals surface area contributed by atoms with Crippen molar-refractivity contribution in [2.45, 2.75) is 45.8 Å². The van der Waals surface area contributed by atoms with Crippen molar-refractivity contribution in [1.29, 1.82) is 0 Å². The zero-order chi connectivity index (χ0) is 16.0. The molecule has 0 amide bonds. The van der Waals surface area contributed by atoms with Crippen LogP contribution in [0.2, 0.25) is 0 Å². The van der Waals surface area contributed by atoms with Gasteiger partial charge in [0.05, 0.1) is 0 Å². The summed E-state index contributed by atoms with van der Waals surface area (Å²) in [6, 6.07) is 5.45. The topological polar surface area (TPSA) is 63.6 Å². The van der Waals surface area contributed by atoms with E-state index in [0.717, 1.165) is 5.56 Å². The second-order valence-electron chi connectivity index (χ2n) is 5.04. The van der Waals surface area contributed by atoms with Gasteiger partial charge in [0.25, 0.3) is 0 Å². The molecule has 1 aromatic carbocycles. The molecule has 2 unspecified atom stereocenters. The van der Waals surface area contributed by atoms with E-state index in [1.165, 1.54) is 6.92 Å². The number of aryl methyl sites for hydroxylation is 1. The molecule has 1 rings (SSSR count). The van der Waals surface area contributed by atoms with Gasteiger partial charge in [-0.25, -0.2) is 0 Å². The summed E-state index contributed by atoms with van der Waals surface area (Å²) in [6.45, 7) is 4.81. The van der Waals surface area contributed by atoms with Crippen molar-refractivity contribution in [2.24, 2.45) is 0 Å². The molecule has 4 nitrogen and oxygen atoms in total. The number of benzene rings is 1. The average molecular weight is 313 g/mol. The lowest BCUT2D eigenvalue weighted by atomic mass is 9.89. The summed E-state index contributed by atoms with van der Waals surface area (Å²) in [7, 11) is 0. The molecule has 1 N–H and O–H groups in total. The van der Waals surface area contributed by atoms with Gasteiger partial charge in [-0.1, -0.05) is 25.1 Å². The van der Waals surface area contributed by atoms with Crippen LogP contribution >= 0.6 is 11.6 Å². The highest BCUT2D eigenvalue weighted by molar-refractivity contribution is 6.18. The summed E-state index contributed by atoms with van der Waals surface area (Å²) in [6.07, 6.45) is -0.309. The SMILES string of the molecule is CC(=O)OC(O)C(C)c1cccc(C)c1C(=O)CCCCl. The number of aliphatic hydroxyl groups is 1. The molecule has 0 aliphatic carbocycles. The van der Waals surface area contributed by atoms with Crippen LogP contribution in [0.1, 0.15) is 54.1 Å². The van der Waals surface area contributed by atoms with Gasteiger partial charge in [-0.2, -0.15) is 0 Å². The van der Waals surface area contributed by atoms with Crippen LogP contribution in [0.25, 0.3) is 0 Å². The number of carbonyl (C=O) groups excluding carboxylic acids is 2. The maximum Gasteiger partial charge on any atom is 0.304 e. The normalized spacial score (nSPS) is 13.6. The minimum absolute atomic E-state index is 0.00868. The lowest BCUT2D eigenvalue weighted by Crippen LogP contribution is -2.24. The summed E-state index contributed by atoms with van der Waals surface area (Å²) in [5.74, 6) is -0.620. The highest BCUT2D eigenvalue weighted by atomic mass is 35.5. The Morgan fingerprint density at radius 3 is 2.62 bits per heavy atom. The first-order chi connectivity index (χ1) is 9.88. The van der Waals surface area contributed by atoms with Gasteiger partial charge < -0.3 is 9.84 Å². The third-order valence-electron chi connectivity index (χ3n) is 3.33. The summed E-state index contributed by atoms with van der Waals surface area (Å²) in [5, 5.41) is 9.94. The number of ketones is 1. The molecule has 2 atom stereocenters. The Bertz CT molecular complexity index is 513. The summed E-state index contributed by atoms with van der Waals surface area (Å²) in [5.41, 5.74) is 2.11. The Morgan fingerprint density at radius 2 is 2.05 bits per heavy atom. The van der Waals surface area contributed by atoms with Crippen molar-refractivity contribution in [3.63, 3.8) is 0 Å². The largest absolute Gasteiger partial charge is 0.435 e. The number of carbonyl (C=O) groups is 2. The zero-order valence-corrected chi connectivity index (χ0v) is 13.3. The van der Waals surface area contributed by atoms with Gasteiger partial charge in [0.2, 0.25) is 6.29 Å². The predicted octanol–water partition coefficient (Wildman–Crippen LogP) is 3.18. The number of aliphatic hydroxyl groups excluding tert-OH is 1. The Balaban J connectivity index is 3.09. The highest BCUT2D eigenvalue weighted by Gasteiger charge is 2.24. The quantitative estimate of drug-likeness (QED) is 0.363. The standard InChI is InChI=1S/C16H21ClO4/c1-10-6-4-7-13(11(2)16(20)21-12(3)18)15(10)14(19)8-5-9-17/h4,6-7,11,16,20H,5,8-9H2,1-3H3. The van der Waals surface area contributed by atoms with Crippen molar-refractivity contribution in [3.8, 4) is 0 Å². The van der Waals surface area contributed by atoms with Crippen LogP contribution in [0.5, 0.6) is 0 Å². The highest BCUT2D eigenvalue weighted by Crippen LogP contribution is 2.27. The molecule has 5 heteroatoms. The smallest absolute Gasteiger partial charge is 0.304 e. The predicted molar refractivity (Wildman–Crippen MR) is 81.7 cm³/mol. The molecule has 0 bridgehead atoms. The molecule has 116 valence electrons. The molecule has 0 saturated heterocycles. The number of halogens is 1. The van der Waals surface area contributed by atoms with E-state index in [1.807, 2.05) is 19.1 Å². The third-order valence-corrected chi connectivity index (χ3v) is 3.59. The van der Waals surface area contributed by atoms with Gasteiger partial charge in [-0.3, -0.25) is 9.59 Å². The van der Waals surface area contributed by atoms with E-state index in [2.05, 4.69) is 0 Å². The third kappa shape index (κ3) is 4.83. The second-order valence-corrected chi connectivity index (χ2v) is 5.42. The first kappa shape index (κ1) is 17.7. The van der Waals surface area contributed by atoms with Gasteiger partial charge in [-0.15, -0.1) is 11.6 Å². The summed E-state index contributed by atoms with van der Waals surface area (Å²) >= 11 is 5.63. The molecule has 0 aliphatic rings. The van der Waals surface area contributed by atoms with Crippen molar-refractivity contribution < 1.29 is 19.4 Å². The molecule has 0 radical (unpaired) electrons. The molecule has 0 saturated carbocycles. The van der Waals surface area contributed by atoms with Gasteiger partial charge in [0, 0.05) is 30.7 Å². The lowest BCUT2D eigenvalue weighted by molar-refractivity contribution is -0.168. The summed E-state index contributed by atoms with van der Waals surface area (Å²) in [4.78, 5) is 23.3. The van der Waals surface area contributed by atoms with Crippen LogP contribution in [-0.2, 0) is 9.53 Å². The first-order valence-corrected chi connectivity index (χ1v) is 7.45. The van der Waals surface area contributed by atoms with Crippen molar-refractivity contribution in [1.82, 2.24) is 0 Å². The Labute approximate surface area is 130 Å². The Kier molecular flexibility index (Phi) is 6.85. The van der Waals surface area contributed by atoms with Crippen LogP contribution < -0.4 is 0 Å². The van der Waals surface area contributed by atoms with E-state index in [9.17, 15) is 14.7 Å². The lowest BCUT2D eigenvalue weighted by Gasteiger charge is -2.22. The van der Waals surface area contributed by atoms with E-state index in [4.69, 9.17) is 16.3 Å². The van der Waals surface area contributed by atoms with Gasteiger partial charge >= 0.3 is 5.97 Å². The molecule has 0 fully saturated rings. The second kappa shape index (κ2) is 8.15. The van der Waals surface area contributed by atoms with Crippen LogP contribution in [0.3, 0.4) is 0 Å². The van der Waals surface area contributed by atoms with Gasteiger partial charge in [-0.05, 0) is 24.5 Å². The first-order valence-electron chi connectivity index (χ1n) is 6.92. The fourth-order valence-corrected chi connectivity index (χ4v) is 2.36. The van der Waals surface area contributed by atoms with Crippen molar-refractivity contribution in [3.05, 3.63) is 34.9 Å². The minimum atomic E-state index is -1.27. The Morgan fingerprint density at radius 1 is 1.38 bits per heavy atom. The number of rotatable bonds is 7. The van der Waals surface area contributed by atoms with Gasteiger partial charge in [0.15, 0.2) is 5.78 Å². The number of hydrogen-bond donors (Lipinski definition) is 1. The average Bonchev–Trinajstić information content (AvgIpc) is 2.42. The fourth-order valence-electron chi connectivity index (χ4n) is 2.23. The molecule has 1 aromatic rings. The molecule has 0 spiro atoms. The molecular weight excluding hydrogens is 292 g/mol. The fraction of sp³-hybridized carbons (Fsp3) is 0.500. The maximum absolute atomic E-state index is 12.3. The molecule has 0 aromatic heterocycles. The van der Waals surface area contributed by atoms with E-state index < -0.39 is 18.2 Å². The maximum atomic E-state index is 12.3. The number of Topliss-reactive ketones (excluding diaryl/α,β-unsaturated/α-hetero) is 1. The van der Waals surface area contributed by atoms with Crippen molar-refractivity contribution in [2.75, 3.05) is 5.88 Å². The van der Waals surface area contributed by atoms with E-state index in [-0.39, 0.29) is 5.78 Å². The summed E-state index contributed by atoms with van der Waals surface area (Å²) < 4.78 is 4.81. The van der Waals surface area contributed by atoms with Crippen LogP contribution in [0, 0.1) is 6.92 Å². The number of esters is 1. The van der Waals surface area contributed by atoms with Crippen LogP contribution in [0.4, 0.5) is 0 Å². The van der Waals surface area contributed by atoms with E-state index >= 15 is 0 Å². The monoisotopic (exact) mass is 312 g/mol. The molecule has 0 aliphatic heterocycles. The van der Waals surface area contributed by atoms with Gasteiger partial charge in [0.1, 0.15) is 0 Å². The van der Waals surface area contributed by atoms with Crippen LogP contribution in [-0.4, -0.2) is 29.0 Å². The number of ether oxygens (including phenoxy) is 1. The van der Waals surface area contributed by atoms with E-state index in [0.29, 0.717) is 29.8 Å². The van der Waals surface area contributed by atoms with Crippen LogP contribution in [0.15, 0.2) is 18.2 Å². The molecule has 0 heterocycles.